The Hall–Kier alpha value is -3.09. The number of hydrogen-bond donors (Lipinski definition) is 1. The highest BCUT2D eigenvalue weighted by Crippen LogP contribution is 2.17. The number of urea groups is 1. The molecule has 1 saturated heterocycles. The minimum absolute atomic E-state index is 0.0551. The highest BCUT2D eigenvalue weighted by atomic mass is 16.3. The van der Waals surface area contributed by atoms with E-state index in [-0.39, 0.29) is 12.1 Å². The summed E-state index contributed by atoms with van der Waals surface area (Å²) in [6, 6.07) is 5.72. The Balaban J connectivity index is 1.90. The quantitative estimate of drug-likeness (QED) is 0.682. The zero-order valence-corrected chi connectivity index (χ0v) is 10.7. The number of amides is 4. The van der Waals surface area contributed by atoms with Crippen LogP contribution >= 0.6 is 0 Å². The molecule has 1 N–H and O–H groups in total. The lowest BCUT2D eigenvalue weighted by molar-refractivity contribution is -0.130. The Morgan fingerprint density at radius 1 is 1.10 bits per heavy atom. The highest BCUT2D eigenvalue weighted by Gasteiger charge is 2.36. The average Bonchev–Trinajstić information content (AvgIpc) is 3.13. The zero-order valence-electron chi connectivity index (χ0n) is 10.7. The molecule has 7 heteroatoms. The Kier molecular flexibility index (Phi) is 3.15. The number of rotatable bonds is 3. The van der Waals surface area contributed by atoms with E-state index in [9.17, 15) is 14.4 Å². The van der Waals surface area contributed by atoms with Crippen LogP contribution in [-0.2, 0) is 16.1 Å². The molecule has 21 heavy (non-hydrogen) atoms. The van der Waals surface area contributed by atoms with Crippen LogP contribution in [0.5, 0.6) is 0 Å². The molecule has 0 saturated carbocycles. The molecule has 3 heterocycles. The number of carbonyl (C=O) groups is 3. The molecule has 0 aliphatic carbocycles. The summed E-state index contributed by atoms with van der Waals surface area (Å²) < 4.78 is 10.2. The summed E-state index contributed by atoms with van der Waals surface area (Å²) in [5.41, 5.74) is -0.170. The maximum Gasteiger partial charge on any atom is 0.331 e. The van der Waals surface area contributed by atoms with Crippen LogP contribution < -0.4 is 5.32 Å². The average molecular weight is 286 g/mol. The molecule has 3 rings (SSSR count). The van der Waals surface area contributed by atoms with Crippen molar-refractivity contribution in [1.29, 1.82) is 0 Å². The molecule has 106 valence electrons. The molecular formula is C14H10N2O5. The molecule has 2 aromatic heterocycles. The fourth-order valence-electron chi connectivity index (χ4n) is 1.91. The first-order chi connectivity index (χ1) is 10.1. The number of nitrogens with zero attached hydrogens (tertiary/aromatic N) is 1. The van der Waals surface area contributed by atoms with Gasteiger partial charge in [0.25, 0.3) is 11.8 Å². The normalized spacial score (nSPS) is 17.4. The molecular weight excluding hydrogens is 276 g/mol. The van der Waals surface area contributed by atoms with Crippen LogP contribution in [0.4, 0.5) is 4.79 Å². The van der Waals surface area contributed by atoms with Crippen molar-refractivity contribution >= 4 is 23.9 Å². The molecule has 7 nitrogen and oxygen atoms in total. The number of barbiturate groups is 1. The lowest BCUT2D eigenvalue weighted by Gasteiger charge is -2.25. The van der Waals surface area contributed by atoms with E-state index in [4.69, 9.17) is 8.83 Å². The lowest BCUT2D eigenvalue weighted by atomic mass is 10.1. The maximum atomic E-state index is 12.3. The SMILES string of the molecule is O=C1NC(=O)N(Cc2ccco2)C(=O)C1=Cc1ccco1. The fourth-order valence-corrected chi connectivity index (χ4v) is 1.91. The summed E-state index contributed by atoms with van der Waals surface area (Å²) in [6.07, 6.45) is 4.15. The number of hydrogen-bond acceptors (Lipinski definition) is 5. The van der Waals surface area contributed by atoms with Crippen molar-refractivity contribution < 1.29 is 23.2 Å². The molecule has 2 aromatic rings. The third-order valence-corrected chi connectivity index (χ3v) is 2.91. The van der Waals surface area contributed by atoms with E-state index < -0.39 is 17.8 Å². The summed E-state index contributed by atoms with van der Waals surface area (Å²) in [4.78, 5) is 36.7. The third-order valence-electron chi connectivity index (χ3n) is 2.91. The first-order valence-electron chi connectivity index (χ1n) is 6.10. The second-order valence-electron chi connectivity index (χ2n) is 4.30. The van der Waals surface area contributed by atoms with Crippen LogP contribution in [0.3, 0.4) is 0 Å². The van der Waals surface area contributed by atoms with Crippen molar-refractivity contribution in [2.45, 2.75) is 6.54 Å². The van der Waals surface area contributed by atoms with Gasteiger partial charge in [0.1, 0.15) is 17.1 Å². The van der Waals surface area contributed by atoms with Gasteiger partial charge in [-0.05, 0) is 30.3 Å². The van der Waals surface area contributed by atoms with Crippen LogP contribution in [0.1, 0.15) is 11.5 Å². The van der Waals surface area contributed by atoms with E-state index >= 15 is 0 Å². The van der Waals surface area contributed by atoms with Gasteiger partial charge in [-0.1, -0.05) is 0 Å². The number of nitrogens with one attached hydrogen (secondary N) is 1. The molecule has 1 fully saturated rings. The maximum absolute atomic E-state index is 12.3. The molecule has 0 bridgehead atoms. The summed E-state index contributed by atoms with van der Waals surface area (Å²) in [5.74, 6) is -0.667. The van der Waals surface area contributed by atoms with Gasteiger partial charge in [-0.2, -0.15) is 0 Å². The summed E-state index contributed by atoms with van der Waals surface area (Å²) in [5, 5.41) is 2.11. The Bertz CT molecular complexity index is 713. The van der Waals surface area contributed by atoms with Gasteiger partial charge >= 0.3 is 6.03 Å². The van der Waals surface area contributed by atoms with Crippen LogP contribution in [0.25, 0.3) is 6.08 Å². The minimum Gasteiger partial charge on any atom is -0.467 e. The van der Waals surface area contributed by atoms with Crippen LogP contribution in [0.2, 0.25) is 0 Å². The van der Waals surface area contributed by atoms with Crippen LogP contribution in [0, 0.1) is 0 Å². The van der Waals surface area contributed by atoms with E-state index in [1.807, 2.05) is 0 Å². The van der Waals surface area contributed by atoms with Gasteiger partial charge in [-0.3, -0.25) is 19.8 Å². The lowest BCUT2D eigenvalue weighted by Crippen LogP contribution is -2.53. The Labute approximate surface area is 118 Å². The summed E-state index contributed by atoms with van der Waals surface area (Å²) in [6.45, 7) is -0.0551. The summed E-state index contributed by atoms with van der Waals surface area (Å²) in [7, 11) is 0. The predicted molar refractivity (Wildman–Crippen MR) is 69.5 cm³/mol. The van der Waals surface area contributed by atoms with Crippen molar-refractivity contribution in [3.8, 4) is 0 Å². The van der Waals surface area contributed by atoms with Crippen LogP contribution in [0.15, 0.2) is 51.2 Å². The van der Waals surface area contributed by atoms with Gasteiger partial charge < -0.3 is 8.83 Å². The van der Waals surface area contributed by atoms with Gasteiger partial charge in [0.15, 0.2) is 0 Å². The van der Waals surface area contributed by atoms with Gasteiger partial charge in [-0.15, -0.1) is 0 Å². The first-order valence-corrected chi connectivity index (χ1v) is 6.10. The molecule has 0 unspecified atom stereocenters. The first kappa shape index (κ1) is 12.9. The molecule has 0 spiro atoms. The molecule has 0 radical (unpaired) electrons. The third kappa shape index (κ3) is 2.48. The van der Waals surface area contributed by atoms with Crippen molar-refractivity contribution in [3.63, 3.8) is 0 Å². The number of carbonyl (C=O) groups excluding carboxylic acids is 3. The second-order valence-corrected chi connectivity index (χ2v) is 4.30. The van der Waals surface area contributed by atoms with E-state index in [1.54, 1.807) is 24.3 Å². The Morgan fingerprint density at radius 2 is 1.86 bits per heavy atom. The molecule has 4 amide bonds. The van der Waals surface area contributed by atoms with Crippen molar-refractivity contribution in [1.82, 2.24) is 10.2 Å². The van der Waals surface area contributed by atoms with Crippen molar-refractivity contribution in [3.05, 3.63) is 53.9 Å². The molecule has 0 atom stereocenters. The predicted octanol–water partition coefficient (Wildman–Crippen LogP) is 1.53. The highest BCUT2D eigenvalue weighted by molar-refractivity contribution is 6.30. The molecule has 1 aliphatic heterocycles. The smallest absolute Gasteiger partial charge is 0.331 e. The van der Waals surface area contributed by atoms with Crippen molar-refractivity contribution in [2.24, 2.45) is 0 Å². The zero-order chi connectivity index (χ0) is 14.8. The molecule has 0 aromatic carbocycles. The fraction of sp³-hybridized carbons (Fsp3) is 0.0714. The molecule has 1 aliphatic rings. The van der Waals surface area contributed by atoms with E-state index in [0.717, 1.165) is 4.90 Å². The second kappa shape index (κ2) is 5.12. The van der Waals surface area contributed by atoms with Gasteiger partial charge in [-0.25, -0.2) is 4.79 Å². The minimum atomic E-state index is -0.780. The van der Waals surface area contributed by atoms with E-state index in [2.05, 4.69) is 5.32 Å². The summed E-state index contributed by atoms with van der Waals surface area (Å²) >= 11 is 0. The van der Waals surface area contributed by atoms with E-state index in [1.165, 1.54) is 18.6 Å². The number of furan rings is 2. The Morgan fingerprint density at radius 3 is 2.52 bits per heavy atom. The topological polar surface area (TPSA) is 92.8 Å². The van der Waals surface area contributed by atoms with Crippen LogP contribution in [-0.4, -0.2) is 22.7 Å². The monoisotopic (exact) mass is 286 g/mol. The standard InChI is InChI=1S/C14H10N2O5/c17-12-11(7-9-3-1-5-20-9)13(18)16(14(19)15-12)8-10-4-2-6-21-10/h1-7H,8H2,(H,15,17,19). The van der Waals surface area contributed by atoms with Gasteiger partial charge in [0.2, 0.25) is 0 Å². The van der Waals surface area contributed by atoms with Gasteiger partial charge in [0.05, 0.1) is 19.1 Å². The van der Waals surface area contributed by atoms with Crippen molar-refractivity contribution in [2.75, 3.05) is 0 Å². The van der Waals surface area contributed by atoms with E-state index in [0.29, 0.717) is 11.5 Å². The largest absolute Gasteiger partial charge is 0.467 e. The number of imide groups is 2. The van der Waals surface area contributed by atoms with Gasteiger partial charge in [0, 0.05) is 0 Å².